The maximum Gasteiger partial charge on any atom is 0.201 e. The van der Waals surface area contributed by atoms with Crippen LogP contribution in [-0.4, -0.2) is 27.4 Å². The Morgan fingerprint density at radius 2 is 1.69 bits per heavy atom. The number of rotatable bonds is 6. The lowest BCUT2D eigenvalue weighted by Crippen LogP contribution is -3.00. The summed E-state index contributed by atoms with van der Waals surface area (Å²) in [6.07, 6.45) is 4.97. The lowest BCUT2D eigenvalue weighted by Gasteiger charge is -2.27. The predicted octanol–water partition coefficient (Wildman–Crippen LogP) is -0.0980. The van der Waals surface area contributed by atoms with E-state index in [0.29, 0.717) is 24.7 Å². The van der Waals surface area contributed by atoms with Crippen molar-refractivity contribution in [3.8, 4) is 11.5 Å². The van der Waals surface area contributed by atoms with E-state index < -0.39 is 5.79 Å². The molecule has 0 amide bonds. The maximum absolute atomic E-state index is 6.04. The highest BCUT2D eigenvalue weighted by molar-refractivity contribution is 5.44. The fourth-order valence-electron chi connectivity index (χ4n) is 3.13. The van der Waals surface area contributed by atoms with Gasteiger partial charge in [-0.3, -0.25) is 0 Å². The van der Waals surface area contributed by atoms with E-state index in [2.05, 4.69) is 36.9 Å². The number of nitrogens with zero attached hydrogens (tertiary/aromatic N) is 1. The van der Waals surface area contributed by atoms with Gasteiger partial charge in [-0.1, -0.05) is 0 Å². The molecule has 0 N–H and O–H groups in total. The van der Waals surface area contributed by atoms with E-state index in [1.807, 2.05) is 18.2 Å². The molecule has 1 aromatic carbocycles. The molecule has 0 spiro atoms. The normalized spacial score (nSPS) is 15.4. The lowest BCUT2D eigenvalue weighted by atomic mass is 10.0. The Balaban J connectivity index is 0.00000243. The molecule has 6 heteroatoms. The van der Waals surface area contributed by atoms with Crippen molar-refractivity contribution in [3.63, 3.8) is 0 Å². The van der Waals surface area contributed by atoms with Gasteiger partial charge in [0.2, 0.25) is 5.79 Å². The Morgan fingerprint density at radius 1 is 1.00 bits per heavy atom. The molecule has 26 heavy (non-hydrogen) atoms. The van der Waals surface area contributed by atoms with Crippen LogP contribution in [0, 0.1) is 13.8 Å². The highest BCUT2D eigenvalue weighted by atomic mass is 35.5. The fourth-order valence-corrected chi connectivity index (χ4v) is 3.13. The number of hydrogen-bond donors (Lipinski definition) is 0. The van der Waals surface area contributed by atoms with Gasteiger partial charge in [0.05, 0.1) is 33.9 Å². The molecular weight excluding hydrogens is 354 g/mol. The van der Waals surface area contributed by atoms with Crippen LogP contribution in [0.5, 0.6) is 11.5 Å². The summed E-state index contributed by atoms with van der Waals surface area (Å²) in [5.41, 5.74) is 3.52. The zero-order valence-corrected chi connectivity index (χ0v) is 16.5. The highest BCUT2D eigenvalue weighted by Gasteiger charge is 2.40. The van der Waals surface area contributed by atoms with Gasteiger partial charge in [-0.15, -0.1) is 0 Å². The van der Waals surface area contributed by atoms with Crippen molar-refractivity contribution in [3.05, 3.63) is 53.3 Å². The van der Waals surface area contributed by atoms with Crippen molar-refractivity contribution in [1.29, 1.82) is 0 Å². The van der Waals surface area contributed by atoms with Gasteiger partial charge < -0.3 is 31.4 Å². The summed E-state index contributed by atoms with van der Waals surface area (Å²) in [5.74, 6) is 0.631. The van der Waals surface area contributed by atoms with Gasteiger partial charge in [0, 0.05) is 17.2 Å². The number of benzene rings is 1. The van der Waals surface area contributed by atoms with Crippen LogP contribution in [0.25, 0.3) is 0 Å². The van der Waals surface area contributed by atoms with Gasteiger partial charge in [0.25, 0.3) is 0 Å². The standard InChI is InChI=1S/C20H26NO4.ClH/c1-15-7-9-21(14-16(15)2)10-8-20(24-11-12-25-20)17-5-6-18(22-3)19(13-17)23-4;/h5-7,9,13-14H,8,10-12H2,1-4H3;1H/q+1;/p-1. The van der Waals surface area contributed by atoms with Crippen molar-refractivity contribution >= 4 is 0 Å². The second-order valence-corrected chi connectivity index (χ2v) is 6.32. The van der Waals surface area contributed by atoms with Gasteiger partial charge >= 0.3 is 0 Å². The van der Waals surface area contributed by atoms with Crippen molar-refractivity contribution in [2.45, 2.75) is 32.6 Å². The minimum atomic E-state index is -0.745. The third kappa shape index (κ3) is 4.11. The summed E-state index contributed by atoms with van der Waals surface area (Å²) in [6.45, 7) is 6.22. The summed E-state index contributed by atoms with van der Waals surface area (Å²) >= 11 is 0. The Morgan fingerprint density at radius 3 is 2.31 bits per heavy atom. The number of hydrogen-bond acceptors (Lipinski definition) is 4. The number of ether oxygens (including phenoxy) is 4. The van der Waals surface area contributed by atoms with E-state index in [-0.39, 0.29) is 12.4 Å². The number of halogens is 1. The van der Waals surface area contributed by atoms with Gasteiger partial charge in [-0.2, -0.15) is 0 Å². The molecule has 1 fully saturated rings. The predicted molar refractivity (Wildman–Crippen MR) is 93.9 cm³/mol. The molecule has 2 heterocycles. The molecule has 3 rings (SSSR count). The van der Waals surface area contributed by atoms with Crippen molar-refractivity contribution in [1.82, 2.24) is 0 Å². The molecule has 1 aromatic heterocycles. The second-order valence-electron chi connectivity index (χ2n) is 6.32. The Kier molecular flexibility index (Phi) is 6.87. The van der Waals surface area contributed by atoms with Crippen LogP contribution in [0.15, 0.2) is 36.7 Å². The smallest absolute Gasteiger partial charge is 0.201 e. The summed E-state index contributed by atoms with van der Waals surface area (Å²) in [5, 5.41) is 0. The molecule has 1 aliphatic heterocycles. The fraction of sp³-hybridized carbons (Fsp3) is 0.450. The SMILES string of the molecule is COc1ccc(C2(CC[n+]3ccc(C)c(C)c3)OCCO2)cc1OC.[Cl-]. The number of pyridine rings is 1. The average molecular weight is 380 g/mol. The van der Waals surface area contributed by atoms with Gasteiger partial charge in [0.15, 0.2) is 30.4 Å². The molecule has 2 aromatic rings. The van der Waals surface area contributed by atoms with E-state index in [1.54, 1.807) is 14.2 Å². The first kappa shape index (κ1) is 20.5. The number of aryl methyl sites for hydroxylation is 3. The minimum Gasteiger partial charge on any atom is -1.00 e. The van der Waals surface area contributed by atoms with Crippen molar-refractivity contribution < 1.29 is 35.9 Å². The largest absolute Gasteiger partial charge is 1.00 e. The van der Waals surface area contributed by atoms with E-state index in [1.165, 1.54) is 11.1 Å². The van der Waals surface area contributed by atoms with Crippen LogP contribution in [-0.2, 0) is 21.8 Å². The lowest BCUT2D eigenvalue weighted by molar-refractivity contribution is -0.700. The van der Waals surface area contributed by atoms with Gasteiger partial charge in [-0.05, 0) is 37.6 Å². The minimum absolute atomic E-state index is 0. The van der Waals surface area contributed by atoms with Crippen molar-refractivity contribution in [2.24, 2.45) is 0 Å². The van der Waals surface area contributed by atoms with Crippen molar-refractivity contribution in [2.75, 3.05) is 27.4 Å². The summed E-state index contributed by atoms with van der Waals surface area (Å²) < 4.78 is 25.0. The molecule has 0 bridgehead atoms. The summed E-state index contributed by atoms with van der Waals surface area (Å²) in [4.78, 5) is 0. The molecule has 142 valence electrons. The molecule has 0 atom stereocenters. The van der Waals surface area contributed by atoms with E-state index >= 15 is 0 Å². The second kappa shape index (κ2) is 8.71. The topological polar surface area (TPSA) is 40.8 Å². The van der Waals surface area contributed by atoms with Crippen LogP contribution in [0.1, 0.15) is 23.1 Å². The third-order valence-electron chi connectivity index (χ3n) is 4.77. The zero-order valence-electron chi connectivity index (χ0n) is 15.8. The number of aromatic nitrogens is 1. The molecule has 1 aliphatic rings. The molecular formula is C20H26ClNO4. The first-order valence-corrected chi connectivity index (χ1v) is 8.55. The highest BCUT2D eigenvalue weighted by Crippen LogP contribution is 2.39. The van der Waals surface area contributed by atoms with Crippen LogP contribution in [0.3, 0.4) is 0 Å². The molecule has 0 radical (unpaired) electrons. The Labute approximate surface area is 161 Å². The van der Waals surface area contributed by atoms with E-state index in [4.69, 9.17) is 18.9 Å². The van der Waals surface area contributed by atoms with E-state index in [9.17, 15) is 0 Å². The third-order valence-corrected chi connectivity index (χ3v) is 4.77. The quantitative estimate of drug-likeness (QED) is 0.657. The summed E-state index contributed by atoms with van der Waals surface area (Å²) in [7, 11) is 3.27. The average Bonchev–Trinajstić information content (AvgIpc) is 3.12. The summed E-state index contributed by atoms with van der Waals surface area (Å²) in [6, 6.07) is 7.95. The zero-order chi connectivity index (χ0) is 17.9. The molecule has 0 aliphatic carbocycles. The van der Waals surface area contributed by atoms with Crippen LogP contribution < -0.4 is 26.4 Å². The van der Waals surface area contributed by atoms with Crippen LogP contribution >= 0.6 is 0 Å². The maximum atomic E-state index is 6.04. The van der Waals surface area contributed by atoms with Crippen LogP contribution in [0.2, 0.25) is 0 Å². The first-order valence-electron chi connectivity index (χ1n) is 8.55. The Bertz CT molecular complexity index is 745. The van der Waals surface area contributed by atoms with Crippen LogP contribution in [0.4, 0.5) is 0 Å². The molecule has 1 saturated heterocycles. The van der Waals surface area contributed by atoms with E-state index in [0.717, 1.165) is 18.5 Å². The number of methoxy groups -OCH3 is 2. The molecule has 5 nitrogen and oxygen atoms in total. The first-order chi connectivity index (χ1) is 12.1. The van der Waals surface area contributed by atoms with Gasteiger partial charge in [-0.25, -0.2) is 4.57 Å². The molecule has 0 saturated carbocycles. The molecule has 0 unspecified atom stereocenters. The van der Waals surface area contributed by atoms with Gasteiger partial charge in [0.1, 0.15) is 0 Å². The Hall–Kier alpha value is -1.82. The monoisotopic (exact) mass is 379 g/mol.